The van der Waals surface area contributed by atoms with Crippen LogP contribution in [0.25, 0.3) is 0 Å². The second-order valence-corrected chi connectivity index (χ2v) is 4.48. The smallest absolute Gasteiger partial charge is 0.506 e. The molecule has 1 aromatic heterocycles. The molecule has 0 aliphatic rings. The van der Waals surface area contributed by atoms with Gasteiger partial charge < -0.3 is 20.3 Å². The molecule has 0 radical (unpaired) electrons. The second-order valence-electron chi connectivity index (χ2n) is 4.48. The average Bonchev–Trinajstić information content (AvgIpc) is 2.51. The van der Waals surface area contributed by atoms with Crippen LogP contribution >= 0.6 is 0 Å². The minimum absolute atomic E-state index is 0.00802. The van der Waals surface area contributed by atoms with E-state index in [0.29, 0.717) is 17.1 Å². The van der Waals surface area contributed by atoms with E-state index in [0.717, 1.165) is 0 Å². The number of hydrogen-bond donors (Lipinski definition) is 2. The van der Waals surface area contributed by atoms with Crippen molar-refractivity contribution in [2.45, 2.75) is 13.8 Å². The molecular formula is C15H16N4O4. The monoisotopic (exact) mass is 316 g/mol. The average molecular weight is 316 g/mol. The first kappa shape index (κ1) is 16.2. The van der Waals surface area contributed by atoms with Gasteiger partial charge in [0.1, 0.15) is 17.2 Å². The van der Waals surface area contributed by atoms with Crippen LogP contribution in [0.5, 0.6) is 11.5 Å². The fourth-order valence-corrected chi connectivity index (χ4v) is 1.62. The third-order valence-corrected chi connectivity index (χ3v) is 2.77. The van der Waals surface area contributed by atoms with Crippen molar-refractivity contribution >= 4 is 23.3 Å². The third kappa shape index (κ3) is 4.40. The molecule has 0 saturated heterocycles. The topological polar surface area (TPSA) is 119 Å². The van der Waals surface area contributed by atoms with Crippen molar-refractivity contribution < 1.29 is 19.4 Å². The van der Waals surface area contributed by atoms with Crippen molar-refractivity contribution in [3.05, 3.63) is 36.0 Å². The zero-order valence-electron chi connectivity index (χ0n) is 12.7. The van der Waals surface area contributed by atoms with Crippen LogP contribution in [0.15, 0.2) is 40.6 Å². The van der Waals surface area contributed by atoms with Crippen LogP contribution in [-0.4, -0.2) is 22.9 Å². The summed E-state index contributed by atoms with van der Waals surface area (Å²) in [6.45, 7) is 3.56. The van der Waals surface area contributed by atoms with Crippen molar-refractivity contribution in [3.8, 4) is 11.5 Å². The van der Waals surface area contributed by atoms with E-state index in [9.17, 15) is 9.90 Å². The van der Waals surface area contributed by atoms with Crippen molar-refractivity contribution in [2.75, 3.05) is 12.3 Å². The fourth-order valence-electron chi connectivity index (χ4n) is 1.62. The summed E-state index contributed by atoms with van der Waals surface area (Å²) >= 11 is 0. The maximum Gasteiger partial charge on any atom is 0.513 e. The minimum Gasteiger partial charge on any atom is -0.506 e. The van der Waals surface area contributed by atoms with Crippen LogP contribution in [-0.2, 0) is 4.74 Å². The van der Waals surface area contributed by atoms with Crippen LogP contribution in [0.2, 0.25) is 0 Å². The molecule has 1 aromatic carbocycles. The number of aromatic nitrogens is 1. The number of azo groups is 1. The van der Waals surface area contributed by atoms with Crippen LogP contribution in [0.4, 0.5) is 22.0 Å². The van der Waals surface area contributed by atoms with Gasteiger partial charge in [-0.25, -0.2) is 9.78 Å². The molecular weight excluding hydrogens is 300 g/mol. The lowest BCUT2D eigenvalue weighted by Crippen LogP contribution is -2.09. The highest BCUT2D eigenvalue weighted by molar-refractivity contribution is 5.64. The van der Waals surface area contributed by atoms with Crippen molar-refractivity contribution in [2.24, 2.45) is 10.2 Å². The molecule has 3 N–H and O–H groups in total. The van der Waals surface area contributed by atoms with Crippen molar-refractivity contribution in [1.82, 2.24) is 4.98 Å². The maximum atomic E-state index is 11.2. The van der Waals surface area contributed by atoms with E-state index in [1.165, 1.54) is 6.07 Å². The molecule has 2 aromatic rings. The van der Waals surface area contributed by atoms with Crippen LogP contribution in [0.3, 0.4) is 0 Å². The normalized spacial score (nSPS) is 10.7. The summed E-state index contributed by atoms with van der Waals surface area (Å²) in [4.78, 5) is 15.1. The molecule has 0 fully saturated rings. The van der Waals surface area contributed by atoms with Gasteiger partial charge in [-0.1, -0.05) is 0 Å². The highest BCUT2D eigenvalue weighted by atomic mass is 16.7. The second kappa shape index (κ2) is 7.21. The van der Waals surface area contributed by atoms with Crippen LogP contribution in [0.1, 0.15) is 12.6 Å². The van der Waals surface area contributed by atoms with E-state index in [1.807, 2.05) is 0 Å². The number of anilines is 1. The Labute approximate surface area is 132 Å². The fraction of sp³-hybridized carbons (Fsp3) is 0.200. The summed E-state index contributed by atoms with van der Waals surface area (Å²) in [7, 11) is 0. The molecule has 23 heavy (non-hydrogen) atoms. The van der Waals surface area contributed by atoms with Crippen LogP contribution < -0.4 is 10.5 Å². The molecule has 120 valence electrons. The zero-order valence-corrected chi connectivity index (χ0v) is 12.7. The number of hydrogen-bond acceptors (Lipinski definition) is 8. The van der Waals surface area contributed by atoms with E-state index < -0.39 is 6.16 Å². The van der Waals surface area contributed by atoms with E-state index in [-0.39, 0.29) is 23.9 Å². The lowest BCUT2D eigenvalue weighted by atomic mass is 10.3. The lowest BCUT2D eigenvalue weighted by Gasteiger charge is -2.04. The van der Waals surface area contributed by atoms with Gasteiger partial charge in [-0.2, -0.15) is 5.11 Å². The molecule has 1 heterocycles. The number of rotatable bonds is 4. The third-order valence-electron chi connectivity index (χ3n) is 2.77. The molecule has 0 spiro atoms. The Balaban J connectivity index is 2.09. The molecule has 0 bridgehead atoms. The standard InChI is InChI=1S/C15H16N4O4/c1-3-22-15(21)23-11-6-4-10(5-7-11)18-19-12-8-13(20)9(2)17-14(12)16/h4-8,20H,3H2,1-2H3,(H2,16,17)/b19-18+. The number of nitrogens with two attached hydrogens (primary N) is 1. The van der Waals surface area contributed by atoms with Gasteiger partial charge in [-0.15, -0.1) is 5.11 Å². The maximum absolute atomic E-state index is 11.2. The Morgan fingerprint density at radius 3 is 2.65 bits per heavy atom. The Kier molecular flexibility index (Phi) is 5.08. The van der Waals surface area contributed by atoms with Crippen LogP contribution in [0, 0.1) is 6.92 Å². The van der Waals surface area contributed by atoms with Crippen molar-refractivity contribution in [1.29, 1.82) is 0 Å². The molecule has 8 heteroatoms. The molecule has 0 atom stereocenters. The molecule has 0 unspecified atom stereocenters. The van der Waals surface area contributed by atoms with E-state index in [2.05, 4.69) is 19.9 Å². The number of nitrogens with zero attached hydrogens (tertiary/aromatic N) is 3. The summed E-state index contributed by atoms with van der Waals surface area (Å²) in [5.74, 6) is 0.495. The van der Waals surface area contributed by atoms with Gasteiger partial charge in [0.2, 0.25) is 0 Å². The van der Waals surface area contributed by atoms with Gasteiger partial charge in [0, 0.05) is 6.07 Å². The van der Waals surface area contributed by atoms with Gasteiger partial charge in [0.15, 0.2) is 5.82 Å². The van der Waals surface area contributed by atoms with E-state index >= 15 is 0 Å². The van der Waals surface area contributed by atoms with Gasteiger partial charge in [0.25, 0.3) is 0 Å². The number of benzene rings is 1. The predicted octanol–water partition coefficient (Wildman–Crippen LogP) is 3.63. The summed E-state index contributed by atoms with van der Waals surface area (Å²) in [5.41, 5.74) is 6.91. The zero-order chi connectivity index (χ0) is 16.8. The lowest BCUT2D eigenvalue weighted by molar-refractivity contribution is 0.104. The largest absolute Gasteiger partial charge is 0.513 e. The predicted molar refractivity (Wildman–Crippen MR) is 83.3 cm³/mol. The first-order chi connectivity index (χ1) is 11.0. The highest BCUT2D eigenvalue weighted by Gasteiger charge is 2.06. The number of aromatic hydroxyl groups is 1. The van der Waals surface area contributed by atoms with Gasteiger partial charge in [0.05, 0.1) is 18.0 Å². The Morgan fingerprint density at radius 2 is 2.00 bits per heavy atom. The molecule has 0 aliphatic heterocycles. The number of pyridine rings is 1. The van der Waals surface area contributed by atoms with E-state index in [4.69, 9.17) is 10.5 Å². The quantitative estimate of drug-likeness (QED) is 0.505. The Morgan fingerprint density at radius 1 is 1.30 bits per heavy atom. The van der Waals surface area contributed by atoms with E-state index in [1.54, 1.807) is 38.1 Å². The number of ether oxygens (including phenoxy) is 2. The van der Waals surface area contributed by atoms with Gasteiger partial charge in [-0.05, 0) is 38.1 Å². The summed E-state index contributed by atoms with van der Waals surface area (Å²) in [5, 5.41) is 17.5. The van der Waals surface area contributed by atoms with Crippen molar-refractivity contribution in [3.63, 3.8) is 0 Å². The molecule has 0 saturated carbocycles. The number of nitrogen functional groups attached to an aromatic ring is 1. The highest BCUT2D eigenvalue weighted by Crippen LogP contribution is 2.29. The Bertz CT molecular complexity index is 729. The molecule has 0 amide bonds. The molecule has 0 aliphatic carbocycles. The molecule has 2 rings (SSSR count). The number of aryl methyl sites for hydroxylation is 1. The summed E-state index contributed by atoms with van der Waals surface area (Å²) < 4.78 is 9.59. The minimum atomic E-state index is -0.768. The first-order valence-electron chi connectivity index (χ1n) is 6.82. The van der Waals surface area contributed by atoms with Gasteiger partial charge >= 0.3 is 6.16 Å². The number of carbonyl (C=O) groups excluding carboxylic acids is 1. The summed E-state index contributed by atoms with van der Waals surface area (Å²) in [6, 6.07) is 7.71. The number of carbonyl (C=O) groups is 1. The summed E-state index contributed by atoms with van der Waals surface area (Å²) in [6.07, 6.45) is -0.768. The first-order valence-corrected chi connectivity index (χ1v) is 6.82. The molecule has 8 nitrogen and oxygen atoms in total. The van der Waals surface area contributed by atoms with Gasteiger partial charge in [-0.3, -0.25) is 0 Å². The Hall–Kier alpha value is -3.16. The SMILES string of the molecule is CCOC(=O)Oc1ccc(/N=N/c2cc(O)c(C)nc2N)cc1.